The number of rotatable bonds is 4. The number of hydrogen-bond acceptors (Lipinski definition) is 2. The summed E-state index contributed by atoms with van der Waals surface area (Å²) in [4.78, 5) is 10.4. The Balaban J connectivity index is 2.42. The summed E-state index contributed by atoms with van der Waals surface area (Å²) in [6.07, 6.45) is 4.39. The molecule has 1 amide bonds. The van der Waals surface area contributed by atoms with Crippen LogP contribution in [0.4, 0.5) is 0 Å². The molecule has 14 heavy (non-hydrogen) atoms. The lowest BCUT2D eigenvalue weighted by atomic mass is 10.1. The second-order valence-corrected chi connectivity index (χ2v) is 3.87. The second-order valence-electron chi connectivity index (χ2n) is 2.90. The van der Waals surface area contributed by atoms with Gasteiger partial charge in [-0.2, -0.15) is 0 Å². The Morgan fingerprint density at radius 3 is 3.07 bits per heavy atom. The van der Waals surface area contributed by atoms with Gasteiger partial charge < -0.3 is 10.5 Å². The number of carbonyl (C=O) groups is 1. The van der Waals surface area contributed by atoms with E-state index in [2.05, 4.69) is 0 Å². The van der Waals surface area contributed by atoms with Crippen molar-refractivity contribution in [3.63, 3.8) is 0 Å². The minimum Gasteiger partial charge on any atom is -0.492 e. The summed E-state index contributed by atoms with van der Waals surface area (Å²) >= 11 is 11.7. The van der Waals surface area contributed by atoms with Crippen LogP contribution in [0.5, 0.6) is 0 Å². The van der Waals surface area contributed by atoms with Crippen molar-refractivity contribution in [1.82, 2.24) is 0 Å². The molecule has 0 bridgehead atoms. The SMILES string of the molecule is NC(=O)CCOC1=CC(Cl)CC=C1Cl. The summed E-state index contributed by atoms with van der Waals surface area (Å²) in [6.45, 7) is 0.231. The number of ether oxygens (including phenoxy) is 1. The zero-order valence-corrected chi connectivity index (χ0v) is 9.02. The van der Waals surface area contributed by atoms with Crippen LogP contribution in [-0.2, 0) is 9.53 Å². The van der Waals surface area contributed by atoms with Gasteiger partial charge in [-0.05, 0) is 12.5 Å². The third-order valence-electron chi connectivity index (χ3n) is 1.70. The van der Waals surface area contributed by atoms with Gasteiger partial charge in [0.05, 0.1) is 23.4 Å². The Morgan fingerprint density at radius 2 is 2.43 bits per heavy atom. The highest BCUT2D eigenvalue weighted by atomic mass is 35.5. The van der Waals surface area contributed by atoms with E-state index in [0.717, 1.165) is 0 Å². The zero-order valence-electron chi connectivity index (χ0n) is 7.50. The van der Waals surface area contributed by atoms with E-state index in [1.807, 2.05) is 0 Å². The van der Waals surface area contributed by atoms with Gasteiger partial charge in [0.15, 0.2) is 0 Å². The van der Waals surface area contributed by atoms with Gasteiger partial charge >= 0.3 is 0 Å². The van der Waals surface area contributed by atoms with Crippen LogP contribution in [0.2, 0.25) is 0 Å². The largest absolute Gasteiger partial charge is 0.492 e. The average Bonchev–Trinajstić information content (AvgIpc) is 2.10. The maximum Gasteiger partial charge on any atom is 0.220 e. The number of halogens is 2. The predicted molar refractivity (Wildman–Crippen MR) is 56.0 cm³/mol. The van der Waals surface area contributed by atoms with Gasteiger partial charge in [0.2, 0.25) is 5.91 Å². The van der Waals surface area contributed by atoms with E-state index in [-0.39, 0.29) is 18.4 Å². The maximum atomic E-state index is 10.4. The van der Waals surface area contributed by atoms with Crippen LogP contribution in [0.1, 0.15) is 12.8 Å². The van der Waals surface area contributed by atoms with Gasteiger partial charge in [-0.3, -0.25) is 4.79 Å². The summed E-state index contributed by atoms with van der Waals surface area (Å²) in [7, 11) is 0. The zero-order chi connectivity index (χ0) is 10.6. The van der Waals surface area contributed by atoms with Crippen LogP contribution in [0.15, 0.2) is 22.9 Å². The van der Waals surface area contributed by atoms with Crippen LogP contribution in [-0.4, -0.2) is 17.9 Å². The molecule has 0 aromatic carbocycles. The maximum absolute atomic E-state index is 10.4. The molecule has 1 aliphatic carbocycles. The topological polar surface area (TPSA) is 52.3 Å². The van der Waals surface area contributed by atoms with E-state index in [0.29, 0.717) is 17.2 Å². The number of hydrogen-bond donors (Lipinski definition) is 1. The monoisotopic (exact) mass is 235 g/mol. The summed E-state index contributed by atoms with van der Waals surface area (Å²) in [6, 6.07) is 0. The number of allylic oxidation sites excluding steroid dienone is 3. The fraction of sp³-hybridized carbons (Fsp3) is 0.444. The van der Waals surface area contributed by atoms with Gasteiger partial charge in [-0.15, -0.1) is 11.6 Å². The Bertz CT molecular complexity index is 287. The molecule has 1 aliphatic rings. The lowest BCUT2D eigenvalue weighted by molar-refractivity contribution is -0.118. The molecule has 0 saturated carbocycles. The fourth-order valence-corrected chi connectivity index (χ4v) is 1.42. The van der Waals surface area contributed by atoms with Crippen LogP contribution in [0, 0.1) is 0 Å². The normalized spacial score (nSPS) is 21.1. The highest BCUT2D eigenvalue weighted by Gasteiger charge is 2.13. The first kappa shape index (κ1) is 11.4. The third kappa shape index (κ3) is 3.60. The molecular weight excluding hydrogens is 225 g/mol. The van der Waals surface area contributed by atoms with E-state index in [9.17, 15) is 4.79 Å². The van der Waals surface area contributed by atoms with Crippen molar-refractivity contribution >= 4 is 29.1 Å². The number of carbonyl (C=O) groups excluding carboxylic acids is 1. The van der Waals surface area contributed by atoms with Crippen LogP contribution >= 0.6 is 23.2 Å². The van der Waals surface area contributed by atoms with Crippen molar-refractivity contribution in [1.29, 1.82) is 0 Å². The summed E-state index contributed by atoms with van der Waals surface area (Å²) in [5, 5.41) is 0.437. The lowest BCUT2D eigenvalue weighted by Gasteiger charge is -2.14. The number of nitrogens with two attached hydrogens (primary N) is 1. The van der Waals surface area contributed by atoms with Crippen molar-refractivity contribution in [2.24, 2.45) is 5.73 Å². The quantitative estimate of drug-likeness (QED) is 0.758. The number of alkyl halides is 1. The molecule has 0 aliphatic heterocycles. The lowest BCUT2D eigenvalue weighted by Crippen LogP contribution is -2.14. The first-order valence-electron chi connectivity index (χ1n) is 4.22. The molecule has 0 aromatic heterocycles. The van der Waals surface area contributed by atoms with Crippen molar-refractivity contribution in [3.05, 3.63) is 22.9 Å². The molecule has 0 heterocycles. The van der Waals surface area contributed by atoms with Crippen LogP contribution in [0.3, 0.4) is 0 Å². The third-order valence-corrected chi connectivity index (χ3v) is 2.34. The second kappa shape index (κ2) is 5.27. The molecule has 0 saturated heterocycles. The van der Waals surface area contributed by atoms with Crippen molar-refractivity contribution in [2.45, 2.75) is 18.2 Å². The highest BCUT2D eigenvalue weighted by Crippen LogP contribution is 2.25. The molecule has 0 spiro atoms. The van der Waals surface area contributed by atoms with Gasteiger partial charge in [0, 0.05) is 0 Å². The molecular formula is C9H11Cl2NO2. The molecule has 0 aromatic rings. The summed E-state index contributed by atoms with van der Waals surface area (Å²) < 4.78 is 5.25. The first-order valence-corrected chi connectivity index (χ1v) is 5.04. The summed E-state index contributed by atoms with van der Waals surface area (Å²) in [5.41, 5.74) is 4.96. The van der Waals surface area contributed by atoms with Gasteiger partial charge in [-0.1, -0.05) is 17.7 Å². The van der Waals surface area contributed by atoms with E-state index < -0.39 is 5.91 Å². The molecule has 2 N–H and O–H groups in total. The van der Waals surface area contributed by atoms with E-state index >= 15 is 0 Å². The standard InChI is InChI=1S/C9H11Cl2NO2/c10-6-1-2-7(11)8(5-6)14-4-3-9(12)13/h2,5-6H,1,3-4H2,(H2,12,13). The Kier molecular flexibility index (Phi) is 4.29. The molecule has 1 rings (SSSR count). The smallest absolute Gasteiger partial charge is 0.220 e. The fourth-order valence-electron chi connectivity index (χ4n) is 1.01. The van der Waals surface area contributed by atoms with Crippen LogP contribution < -0.4 is 5.73 Å². The number of amides is 1. The minimum absolute atomic E-state index is 0.0962. The Labute approximate surface area is 92.5 Å². The Morgan fingerprint density at radius 1 is 1.71 bits per heavy atom. The highest BCUT2D eigenvalue weighted by molar-refractivity contribution is 6.32. The minimum atomic E-state index is -0.399. The average molecular weight is 236 g/mol. The van der Waals surface area contributed by atoms with E-state index in [4.69, 9.17) is 33.7 Å². The molecule has 1 unspecified atom stereocenters. The van der Waals surface area contributed by atoms with Crippen LogP contribution in [0.25, 0.3) is 0 Å². The summed E-state index contributed by atoms with van der Waals surface area (Å²) in [5.74, 6) is 0.128. The molecule has 5 heteroatoms. The van der Waals surface area contributed by atoms with Crippen molar-refractivity contribution in [3.8, 4) is 0 Å². The van der Waals surface area contributed by atoms with E-state index in [1.54, 1.807) is 12.2 Å². The Hall–Kier alpha value is -0.670. The molecule has 3 nitrogen and oxygen atoms in total. The molecule has 78 valence electrons. The molecule has 0 fully saturated rings. The van der Waals surface area contributed by atoms with Gasteiger partial charge in [0.25, 0.3) is 0 Å². The first-order chi connectivity index (χ1) is 6.59. The van der Waals surface area contributed by atoms with E-state index in [1.165, 1.54) is 0 Å². The molecule has 0 radical (unpaired) electrons. The van der Waals surface area contributed by atoms with Crippen molar-refractivity contribution < 1.29 is 9.53 Å². The van der Waals surface area contributed by atoms with Crippen molar-refractivity contribution in [2.75, 3.05) is 6.61 Å². The van der Waals surface area contributed by atoms with Gasteiger partial charge in [0.1, 0.15) is 5.76 Å². The van der Waals surface area contributed by atoms with Gasteiger partial charge in [-0.25, -0.2) is 0 Å². The predicted octanol–water partition coefficient (Wildman–Crippen LogP) is 1.90. The number of primary amides is 1. The molecule has 1 atom stereocenters.